The number of benzene rings is 1. The molecule has 0 aliphatic carbocycles. The van der Waals surface area contributed by atoms with Crippen LogP contribution in [-0.2, 0) is 23.2 Å². The maximum absolute atomic E-state index is 13.6. The second-order valence-corrected chi connectivity index (χ2v) is 7.49. The van der Waals surface area contributed by atoms with E-state index >= 15 is 0 Å². The van der Waals surface area contributed by atoms with E-state index in [9.17, 15) is 12.8 Å². The lowest BCUT2D eigenvalue weighted by molar-refractivity contribution is 0.281. The standard InChI is InChI=1S/C12H11ClFNO3S2/c13-12-4-2-9(19-12)6-15-20(17,18)11-5-8(7-16)1-3-10(11)14/h1-5,15-16H,6-7H2. The topological polar surface area (TPSA) is 66.4 Å². The minimum atomic E-state index is -3.99. The molecule has 0 unspecified atom stereocenters. The molecule has 1 aromatic heterocycles. The Kier molecular flexibility index (Phi) is 4.77. The highest BCUT2D eigenvalue weighted by molar-refractivity contribution is 7.89. The Labute approximate surface area is 124 Å². The molecule has 2 aromatic rings. The molecule has 2 N–H and O–H groups in total. The normalized spacial score (nSPS) is 11.8. The second-order valence-electron chi connectivity index (χ2n) is 3.95. The highest BCUT2D eigenvalue weighted by Gasteiger charge is 2.19. The Morgan fingerprint density at radius 1 is 1.30 bits per heavy atom. The van der Waals surface area contributed by atoms with Crippen LogP contribution in [0.15, 0.2) is 35.2 Å². The van der Waals surface area contributed by atoms with Crippen molar-refractivity contribution < 1.29 is 17.9 Å². The van der Waals surface area contributed by atoms with E-state index in [1.54, 1.807) is 12.1 Å². The zero-order valence-corrected chi connectivity index (χ0v) is 12.5. The Balaban J connectivity index is 2.21. The molecule has 0 amide bonds. The van der Waals surface area contributed by atoms with Crippen molar-refractivity contribution in [2.45, 2.75) is 18.0 Å². The highest BCUT2D eigenvalue weighted by atomic mass is 35.5. The predicted octanol–water partition coefficient (Wildman–Crippen LogP) is 2.51. The molecule has 1 aromatic carbocycles. The fraction of sp³-hybridized carbons (Fsp3) is 0.167. The molecule has 0 radical (unpaired) electrons. The fourth-order valence-electron chi connectivity index (χ4n) is 1.54. The maximum atomic E-state index is 13.6. The van der Waals surface area contributed by atoms with E-state index in [1.807, 2.05) is 0 Å². The number of rotatable bonds is 5. The molecule has 0 fully saturated rings. The highest BCUT2D eigenvalue weighted by Crippen LogP contribution is 2.22. The van der Waals surface area contributed by atoms with Crippen LogP contribution in [0.5, 0.6) is 0 Å². The molecule has 0 spiro atoms. The van der Waals surface area contributed by atoms with Crippen molar-refractivity contribution in [3.8, 4) is 0 Å². The second kappa shape index (κ2) is 6.19. The first-order valence-electron chi connectivity index (χ1n) is 5.55. The third kappa shape index (κ3) is 3.56. The van der Waals surface area contributed by atoms with E-state index < -0.39 is 20.7 Å². The lowest BCUT2D eigenvalue weighted by Gasteiger charge is -2.08. The van der Waals surface area contributed by atoms with E-state index in [0.717, 1.165) is 17.0 Å². The quantitative estimate of drug-likeness (QED) is 0.882. The number of aliphatic hydroxyl groups excluding tert-OH is 1. The van der Waals surface area contributed by atoms with Gasteiger partial charge >= 0.3 is 0 Å². The number of aliphatic hydroxyl groups is 1. The molecular weight excluding hydrogens is 325 g/mol. The lowest BCUT2D eigenvalue weighted by Crippen LogP contribution is -2.24. The van der Waals surface area contributed by atoms with Gasteiger partial charge in [-0.1, -0.05) is 17.7 Å². The van der Waals surface area contributed by atoms with Crippen LogP contribution in [0.4, 0.5) is 4.39 Å². The van der Waals surface area contributed by atoms with Crippen LogP contribution in [0.2, 0.25) is 4.34 Å². The molecule has 0 bridgehead atoms. The molecule has 1 heterocycles. The first-order chi connectivity index (χ1) is 9.42. The SMILES string of the molecule is O=S(=O)(NCc1ccc(Cl)s1)c1cc(CO)ccc1F. The van der Waals surface area contributed by atoms with Gasteiger partial charge in [-0.05, 0) is 29.8 Å². The summed E-state index contributed by atoms with van der Waals surface area (Å²) in [7, 11) is -3.99. The van der Waals surface area contributed by atoms with E-state index in [4.69, 9.17) is 16.7 Å². The third-order valence-electron chi connectivity index (χ3n) is 2.53. The first-order valence-corrected chi connectivity index (χ1v) is 8.23. The summed E-state index contributed by atoms with van der Waals surface area (Å²) < 4.78 is 40.5. The van der Waals surface area contributed by atoms with E-state index in [1.165, 1.54) is 17.4 Å². The Morgan fingerprint density at radius 2 is 2.05 bits per heavy atom. The van der Waals surface area contributed by atoms with Gasteiger partial charge in [-0.3, -0.25) is 0 Å². The summed E-state index contributed by atoms with van der Waals surface area (Å²) in [6.07, 6.45) is 0. The number of hydrogen-bond acceptors (Lipinski definition) is 4. The van der Waals surface area contributed by atoms with Crippen LogP contribution in [0, 0.1) is 5.82 Å². The van der Waals surface area contributed by atoms with Crippen LogP contribution in [-0.4, -0.2) is 13.5 Å². The van der Waals surface area contributed by atoms with Gasteiger partial charge in [0.1, 0.15) is 10.7 Å². The van der Waals surface area contributed by atoms with Gasteiger partial charge in [-0.25, -0.2) is 17.5 Å². The zero-order chi connectivity index (χ0) is 14.8. The lowest BCUT2D eigenvalue weighted by atomic mass is 10.2. The summed E-state index contributed by atoms with van der Waals surface area (Å²) in [4.78, 5) is 0.240. The first kappa shape index (κ1) is 15.4. The third-order valence-corrected chi connectivity index (χ3v) is 5.18. The minimum Gasteiger partial charge on any atom is -0.392 e. The van der Waals surface area contributed by atoms with Crippen molar-refractivity contribution >= 4 is 33.0 Å². The summed E-state index contributed by atoms with van der Waals surface area (Å²) in [6, 6.07) is 6.80. The number of halogens is 2. The van der Waals surface area contributed by atoms with Crippen LogP contribution >= 0.6 is 22.9 Å². The summed E-state index contributed by atoms with van der Waals surface area (Å²) in [5, 5.41) is 8.98. The molecule has 108 valence electrons. The molecule has 0 saturated heterocycles. The molecule has 0 atom stereocenters. The van der Waals surface area contributed by atoms with Crippen molar-refractivity contribution in [2.24, 2.45) is 0 Å². The molecule has 0 aliphatic heterocycles. The molecule has 8 heteroatoms. The number of hydrogen-bond donors (Lipinski definition) is 2. The van der Waals surface area contributed by atoms with Gasteiger partial charge < -0.3 is 5.11 Å². The number of thiophene rings is 1. The van der Waals surface area contributed by atoms with Gasteiger partial charge in [0, 0.05) is 11.4 Å². The van der Waals surface area contributed by atoms with Gasteiger partial charge in [-0.15, -0.1) is 11.3 Å². The number of nitrogens with one attached hydrogen (secondary N) is 1. The van der Waals surface area contributed by atoms with Crippen LogP contribution in [0.3, 0.4) is 0 Å². The molecule has 0 saturated carbocycles. The Bertz CT molecular complexity index is 715. The van der Waals surface area contributed by atoms with E-state index in [0.29, 0.717) is 9.90 Å². The fourth-order valence-corrected chi connectivity index (χ4v) is 3.79. The molecule has 0 aliphatic rings. The summed E-state index contributed by atoms with van der Waals surface area (Å²) in [5.41, 5.74) is 0.325. The smallest absolute Gasteiger partial charge is 0.243 e. The summed E-state index contributed by atoms with van der Waals surface area (Å²) >= 11 is 6.99. The van der Waals surface area contributed by atoms with Crippen molar-refractivity contribution in [2.75, 3.05) is 0 Å². The van der Waals surface area contributed by atoms with Gasteiger partial charge in [-0.2, -0.15) is 0 Å². The van der Waals surface area contributed by atoms with Crippen molar-refractivity contribution in [3.63, 3.8) is 0 Å². The maximum Gasteiger partial charge on any atom is 0.243 e. The van der Waals surface area contributed by atoms with Gasteiger partial charge in [0.2, 0.25) is 10.0 Å². The molecule has 20 heavy (non-hydrogen) atoms. The van der Waals surface area contributed by atoms with Crippen molar-refractivity contribution in [1.82, 2.24) is 4.72 Å². The Morgan fingerprint density at radius 3 is 2.65 bits per heavy atom. The minimum absolute atomic E-state index is 0.0303. The molecule has 4 nitrogen and oxygen atoms in total. The van der Waals surface area contributed by atoms with Crippen LogP contribution < -0.4 is 4.72 Å². The van der Waals surface area contributed by atoms with Crippen molar-refractivity contribution in [1.29, 1.82) is 0 Å². The molecule has 2 rings (SSSR count). The largest absolute Gasteiger partial charge is 0.392 e. The average molecular weight is 336 g/mol. The van der Waals surface area contributed by atoms with E-state index in [-0.39, 0.29) is 13.2 Å². The monoisotopic (exact) mass is 335 g/mol. The summed E-state index contributed by atoms with van der Waals surface area (Å²) in [6.45, 7) is -0.328. The zero-order valence-electron chi connectivity index (χ0n) is 10.1. The van der Waals surface area contributed by atoms with E-state index in [2.05, 4.69) is 4.72 Å². The number of sulfonamides is 1. The molecular formula is C12H11ClFNO3S2. The van der Waals surface area contributed by atoms with Gasteiger partial charge in [0.15, 0.2) is 0 Å². The average Bonchev–Trinajstić information content (AvgIpc) is 2.83. The van der Waals surface area contributed by atoms with Gasteiger partial charge in [0.05, 0.1) is 10.9 Å². The van der Waals surface area contributed by atoms with Gasteiger partial charge in [0.25, 0.3) is 0 Å². The Hall–Kier alpha value is -0.990. The predicted molar refractivity (Wildman–Crippen MR) is 75.7 cm³/mol. The summed E-state index contributed by atoms with van der Waals surface area (Å²) in [5.74, 6) is -0.862. The van der Waals surface area contributed by atoms with Crippen molar-refractivity contribution in [3.05, 3.63) is 50.9 Å². The van der Waals surface area contributed by atoms with Crippen LogP contribution in [0.1, 0.15) is 10.4 Å². The van der Waals surface area contributed by atoms with Crippen LogP contribution in [0.25, 0.3) is 0 Å².